The van der Waals surface area contributed by atoms with E-state index in [0.29, 0.717) is 12.6 Å². The van der Waals surface area contributed by atoms with Gasteiger partial charge in [-0.15, -0.1) is 0 Å². The zero-order valence-electron chi connectivity index (χ0n) is 16.6. The van der Waals surface area contributed by atoms with Crippen molar-refractivity contribution < 1.29 is 4.79 Å². The number of aromatic amines is 1. The molecule has 2 aromatic rings. The predicted molar refractivity (Wildman–Crippen MR) is 110 cm³/mol. The Morgan fingerprint density at radius 1 is 1.19 bits per heavy atom. The van der Waals surface area contributed by atoms with Crippen molar-refractivity contribution in [1.82, 2.24) is 20.1 Å². The lowest BCUT2D eigenvalue weighted by Crippen LogP contribution is -2.50. The summed E-state index contributed by atoms with van der Waals surface area (Å²) in [7, 11) is 2.20. The van der Waals surface area contributed by atoms with Gasteiger partial charge < -0.3 is 15.2 Å². The summed E-state index contributed by atoms with van der Waals surface area (Å²) in [4.78, 5) is 21.1. The predicted octanol–water partition coefficient (Wildman–Crippen LogP) is 2.90. The highest BCUT2D eigenvalue weighted by molar-refractivity contribution is 5.82. The van der Waals surface area contributed by atoms with Crippen molar-refractivity contribution >= 4 is 16.8 Å². The van der Waals surface area contributed by atoms with E-state index in [0.717, 1.165) is 37.0 Å². The molecule has 2 fully saturated rings. The molecule has 0 spiro atoms. The molecule has 1 unspecified atom stereocenters. The number of benzene rings is 1. The Hall–Kier alpha value is -1.85. The summed E-state index contributed by atoms with van der Waals surface area (Å²) in [5, 5.41) is 4.40. The third kappa shape index (κ3) is 4.36. The second-order valence-electron chi connectivity index (χ2n) is 8.46. The van der Waals surface area contributed by atoms with E-state index in [1.165, 1.54) is 37.0 Å². The van der Waals surface area contributed by atoms with Gasteiger partial charge in [-0.2, -0.15) is 0 Å². The molecule has 2 aliphatic heterocycles. The van der Waals surface area contributed by atoms with E-state index >= 15 is 0 Å². The molecule has 0 radical (unpaired) electrons. The maximum absolute atomic E-state index is 12.8. The van der Waals surface area contributed by atoms with Gasteiger partial charge >= 0.3 is 0 Å². The normalized spacial score (nSPS) is 23.0. The summed E-state index contributed by atoms with van der Waals surface area (Å²) in [5.74, 6) is 0.356. The van der Waals surface area contributed by atoms with E-state index < -0.39 is 0 Å². The highest BCUT2D eigenvalue weighted by Gasteiger charge is 2.31. The molecule has 1 amide bonds. The van der Waals surface area contributed by atoms with Crippen LogP contribution in [-0.4, -0.2) is 60.0 Å². The summed E-state index contributed by atoms with van der Waals surface area (Å²) in [6.45, 7) is 7.13. The summed E-state index contributed by atoms with van der Waals surface area (Å²) in [6, 6.07) is 9.19. The Bertz CT molecular complexity index is 791. The molecule has 4 rings (SSSR count). The fraction of sp³-hybridized carbons (Fsp3) is 0.591. The minimum Gasteiger partial charge on any atom is -0.359 e. The highest BCUT2D eigenvalue weighted by Crippen LogP contribution is 2.24. The summed E-state index contributed by atoms with van der Waals surface area (Å²) in [6.07, 6.45) is 4.63. The van der Waals surface area contributed by atoms with Crippen LogP contribution in [0, 0.1) is 12.8 Å². The number of piperidine rings is 2. The lowest BCUT2D eigenvalue weighted by molar-refractivity contribution is -0.127. The summed E-state index contributed by atoms with van der Waals surface area (Å²) in [5.41, 5.74) is 3.49. The molecule has 2 aliphatic rings. The third-order valence-electron chi connectivity index (χ3n) is 6.31. The van der Waals surface area contributed by atoms with Gasteiger partial charge in [-0.1, -0.05) is 6.07 Å². The number of hydrogen-bond donors (Lipinski definition) is 2. The lowest BCUT2D eigenvalue weighted by atomic mass is 9.93. The zero-order valence-corrected chi connectivity index (χ0v) is 16.6. The number of aromatic nitrogens is 1. The molecule has 2 saturated heterocycles. The van der Waals surface area contributed by atoms with Crippen molar-refractivity contribution in [3.05, 3.63) is 35.5 Å². The third-order valence-corrected chi connectivity index (χ3v) is 6.31. The molecule has 146 valence electrons. The smallest absolute Gasteiger partial charge is 0.224 e. The number of nitrogens with one attached hydrogen (secondary N) is 2. The van der Waals surface area contributed by atoms with Crippen LogP contribution in [0.4, 0.5) is 0 Å². The Balaban J connectivity index is 1.31. The molecule has 5 heteroatoms. The van der Waals surface area contributed by atoms with Crippen molar-refractivity contribution in [2.24, 2.45) is 5.92 Å². The number of carbonyl (C=O) groups is 1. The van der Waals surface area contributed by atoms with Gasteiger partial charge in [0.15, 0.2) is 0 Å². The second kappa shape index (κ2) is 8.03. The molecule has 0 aliphatic carbocycles. The van der Waals surface area contributed by atoms with Crippen LogP contribution in [-0.2, 0) is 11.3 Å². The van der Waals surface area contributed by atoms with E-state index in [4.69, 9.17) is 0 Å². The van der Waals surface area contributed by atoms with Crippen LogP contribution in [0.1, 0.15) is 36.9 Å². The number of amides is 1. The number of nitrogens with zero attached hydrogens (tertiary/aromatic N) is 2. The SMILES string of the molecule is Cc1cc2cc(CNC(=O)C3CCCN(C4CCN(C)CC4)C3)ccc2[nH]1. The van der Waals surface area contributed by atoms with Gasteiger partial charge in [0.1, 0.15) is 0 Å². The number of carbonyl (C=O) groups excluding carboxylic acids is 1. The highest BCUT2D eigenvalue weighted by atomic mass is 16.1. The molecule has 27 heavy (non-hydrogen) atoms. The van der Waals surface area contributed by atoms with E-state index in [9.17, 15) is 4.79 Å². The maximum Gasteiger partial charge on any atom is 0.224 e. The minimum atomic E-state index is 0.136. The van der Waals surface area contributed by atoms with Crippen molar-refractivity contribution in [1.29, 1.82) is 0 Å². The van der Waals surface area contributed by atoms with Crippen LogP contribution in [0.3, 0.4) is 0 Å². The molecular weight excluding hydrogens is 336 g/mol. The maximum atomic E-state index is 12.8. The van der Waals surface area contributed by atoms with Gasteiger partial charge in [-0.25, -0.2) is 0 Å². The summed E-state index contributed by atoms with van der Waals surface area (Å²) >= 11 is 0. The quantitative estimate of drug-likeness (QED) is 0.872. The Kier molecular flexibility index (Phi) is 5.50. The van der Waals surface area contributed by atoms with Crippen LogP contribution in [0.5, 0.6) is 0 Å². The van der Waals surface area contributed by atoms with Crippen LogP contribution in [0.15, 0.2) is 24.3 Å². The first-order chi connectivity index (χ1) is 13.1. The number of likely N-dealkylation sites (tertiary alicyclic amines) is 2. The fourth-order valence-electron chi connectivity index (χ4n) is 4.68. The molecule has 0 bridgehead atoms. The van der Waals surface area contributed by atoms with Gasteiger partial charge in [-0.05, 0) is 88.4 Å². The second-order valence-corrected chi connectivity index (χ2v) is 8.46. The van der Waals surface area contributed by atoms with Crippen molar-refractivity contribution in [2.45, 2.75) is 45.2 Å². The monoisotopic (exact) mass is 368 g/mol. The van der Waals surface area contributed by atoms with Gasteiger partial charge in [-0.3, -0.25) is 9.69 Å². The average Bonchev–Trinajstić information content (AvgIpc) is 3.06. The lowest BCUT2D eigenvalue weighted by Gasteiger charge is -2.41. The first kappa shape index (κ1) is 18.5. The molecule has 1 atom stereocenters. The van der Waals surface area contributed by atoms with E-state index in [1.807, 2.05) is 0 Å². The standard InChI is InChI=1S/C22H32N4O/c1-16-12-19-13-17(5-6-21(19)24-16)14-23-22(27)18-4-3-9-26(15-18)20-7-10-25(2)11-8-20/h5-6,12-13,18,20,24H,3-4,7-11,14-15H2,1-2H3,(H,23,27). The molecule has 5 nitrogen and oxygen atoms in total. The van der Waals surface area contributed by atoms with Crippen LogP contribution < -0.4 is 5.32 Å². The fourth-order valence-corrected chi connectivity index (χ4v) is 4.68. The van der Waals surface area contributed by atoms with Crippen molar-refractivity contribution in [2.75, 3.05) is 33.2 Å². The molecule has 1 aromatic heterocycles. The number of hydrogen-bond acceptors (Lipinski definition) is 3. The van der Waals surface area contributed by atoms with Crippen LogP contribution >= 0.6 is 0 Å². The number of rotatable bonds is 4. The molecule has 2 N–H and O–H groups in total. The number of fused-ring (bicyclic) bond motifs is 1. The van der Waals surface area contributed by atoms with Crippen LogP contribution in [0.25, 0.3) is 10.9 Å². The number of aryl methyl sites for hydroxylation is 1. The number of H-pyrrole nitrogens is 1. The van der Waals surface area contributed by atoms with E-state index in [2.05, 4.69) is 58.3 Å². The van der Waals surface area contributed by atoms with Crippen LogP contribution in [0.2, 0.25) is 0 Å². The van der Waals surface area contributed by atoms with Gasteiger partial charge in [0, 0.05) is 30.3 Å². The molecule has 1 aromatic carbocycles. The molecule has 0 saturated carbocycles. The first-order valence-electron chi connectivity index (χ1n) is 10.4. The van der Waals surface area contributed by atoms with Gasteiger partial charge in [0.05, 0.1) is 5.92 Å². The molecular formula is C22H32N4O. The van der Waals surface area contributed by atoms with Crippen molar-refractivity contribution in [3.8, 4) is 0 Å². The van der Waals surface area contributed by atoms with E-state index in [-0.39, 0.29) is 11.8 Å². The average molecular weight is 369 g/mol. The Labute approximate surface area is 162 Å². The minimum absolute atomic E-state index is 0.136. The van der Waals surface area contributed by atoms with Crippen molar-refractivity contribution in [3.63, 3.8) is 0 Å². The largest absolute Gasteiger partial charge is 0.359 e. The van der Waals surface area contributed by atoms with E-state index in [1.54, 1.807) is 0 Å². The molecule has 3 heterocycles. The zero-order chi connectivity index (χ0) is 18.8. The van der Waals surface area contributed by atoms with Gasteiger partial charge in [0.25, 0.3) is 0 Å². The Morgan fingerprint density at radius 3 is 2.81 bits per heavy atom. The first-order valence-corrected chi connectivity index (χ1v) is 10.4. The van der Waals surface area contributed by atoms with Gasteiger partial charge in [0.2, 0.25) is 5.91 Å². The Morgan fingerprint density at radius 2 is 2.00 bits per heavy atom. The summed E-state index contributed by atoms with van der Waals surface area (Å²) < 4.78 is 0. The topological polar surface area (TPSA) is 51.4 Å².